The Balaban J connectivity index is 2.80. The van der Waals surface area contributed by atoms with Gasteiger partial charge < -0.3 is 9.84 Å². The van der Waals surface area contributed by atoms with Gasteiger partial charge in [0.2, 0.25) is 0 Å². The van der Waals surface area contributed by atoms with Gasteiger partial charge in [-0.05, 0) is 58.4 Å². The number of ether oxygens (including phenoxy) is 1. The molecule has 0 aliphatic rings. The maximum atomic E-state index is 11.6. The van der Waals surface area contributed by atoms with Crippen LogP contribution in [0.5, 0.6) is 5.75 Å². The van der Waals surface area contributed by atoms with Crippen molar-refractivity contribution in [2.45, 2.75) is 52.1 Å². The molecule has 0 heterocycles. The molecule has 1 rings (SSSR count). The van der Waals surface area contributed by atoms with Crippen molar-refractivity contribution in [1.82, 2.24) is 4.90 Å². The Kier molecular flexibility index (Phi) is 6.69. The second kappa shape index (κ2) is 8.03. The molecule has 0 saturated carbocycles. The molecule has 4 heteroatoms. The van der Waals surface area contributed by atoms with Crippen molar-refractivity contribution in [3.63, 3.8) is 0 Å². The summed E-state index contributed by atoms with van der Waals surface area (Å²) in [6.45, 7) is 9.34. The van der Waals surface area contributed by atoms with E-state index >= 15 is 0 Å². The summed E-state index contributed by atoms with van der Waals surface area (Å²) in [5.41, 5.74) is 0.829. The lowest BCUT2D eigenvalue weighted by atomic mass is 9.95. The fourth-order valence-electron chi connectivity index (χ4n) is 2.66. The molecule has 0 aliphatic carbocycles. The minimum atomic E-state index is -0.771. The van der Waals surface area contributed by atoms with Gasteiger partial charge in [0.15, 0.2) is 0 Å². The number of carboxylic acids is 1. The molecule has 0 fully saturated rings. The number of methoxy groups -OCH3 is 1. The predicted molar refractivity (Wildman–Crippen MR) is 85.0 cm³/mol. The Labute approximate surface area is 127 Å². The van der Waals surface area contributed by atoms with Gasteiger partial charge in [0.25, 0.3) is 0 Å². The van der Waals surface area contributed by atoms with Crippen LogP contribution in [-0.2, 0) is 4.79 Å². The van der Waals surface area contributed by atoms with Gasteiger partial charge >= 0.3 is 5.97 Å². The van der Waals surface area contributed by atoms with E-state index in [2.05, 4.69) is 32.6 Å². The second-order valence-electron chi connectivity index (χ2n) is 5.88. The highest BCUT2D eigenvalue weighted by Crippen LogP contribution is 2.24. The van der Waals surface area contributed by atoms with E-state index in [0.717, 1.165) is 17.9 Å². The van der Waals surface area contributed by atoms with Crippen LogP contribution in [0.3, 0.4) is 0 Å². The fraction of sp³-hybridized carbons (Fsp3) is 0.588. The normalized spacial score (nSPS) is 13.0. The van der Waals surface area contributed by atoms with Gasteiger partial charge in [-0.3, -0.25) is 9.69 Å². The fourth-order valence-corrected chi connectivity index (χ4v) is 2.66. The van der Waals surface area contributed by atoms with Crippen LogP contribution in [0.15, 0.2) is 24.3 Å². The zero-order chi connectivity index (χ0) is 16.0. The average Bonchev–Trinajstić information content (AvgIpc) is 2.42. The molecule has 0 saturated heterocycles. The summed E-state index contributed by atoms with van der Waals surface area (Å²) in [6.07, 6.45) is 0.609. The monoisotopic (exact) mass is 293 g/mol. The van der Waals surface area contributed by atoms with Crippen LogP contribution < -0.4 is 4.74 Å². The first kappa shape index (κ1) is 17.5. The van der Waals surface area contributed by atoms with E-state index in [1.807, 2.05) is 24.3 Å². The van der Waals surface area contributed by atoms with Gasteiger partial charge in [-0.2, -0.15) is 0 Å². The van der Waals surface area contributed by atoms with Crippen LogP contribution >= 0.6 is 0 Å². The highest BCUT2D eigenvalue weighted by atomic mass is 16.5. The predicted octanol–water partition coefficient (Wildman–Crippen LogP) is 3.37. The Hall–Kier alpha value is -1.55. The lowest BCUT2D eigenvalue weighted by molar-refractivity contribution is -0.139. The number of hydrogen-bond donors (Lipinski definition) is 1. The molecule has 0 aromatic heterocycles. The van der Waals surface area contributed by atoms with Gasteiger partial charge in [0.05, 0.1) is 13.0 Å². The van der Waals surface area contributed by atoms with Crippen molar-refractivity contribution < 1.29 is 14.6 Å². The Morgan fingerprint density at radius 1 is 1.14 bits per heavy atom. The van der Waals surface area contributed by atoms with Crippen LogP contribution in [0, 0.1) is 0 Å². The maximum absolute atomic E-state index is 11.6. The van der Waals surface area contributed by atoms with Gasteiger partial charge in [0, 0.05) is 12.1 Å². The van der Waals surface area contributed by atoms with E-state index in [4.69, 9.17) is 4.74 Å². The molecule has 1 atom stereocenters. The molecular weight excluding hydrogens is 266 g/mol. The smallest absolute Gasteiger partial charge is 0.311 e. The first-order valence-corrected chi connectivity index (χ1v) is 7.49. The highest BCUT2D eigenvalue weighted by molar-refractivity contribution is 5.76. The third-order valence-electron chi connectivity index (χ3n) is 3.82. The van der Waals surface area contributed by atoms with E-state index in [9.17, 15) is 9.90 Å². The molecule has 1 aromatic carbocycles. The van der Waals surface area contributed by atoms with Gasteiger partial charge in [-0.15, -0.1) is 0 Å². The molecule has 0 bridgehead atoms. The number of benzene rings is 1. The SMILES string of the molecule is COc1ccc(C(CCN(C(C)C)C(C)C)C(=O)O)cc1. The summed E-state index contributed by atoms with van der Waals surface area (Å²) < 4.78 is 5.11. The molecule has 0 amide bonds. The van der Waals surface area contributed by atoms with Crippen molar-refractivity contribution >= 4 is 5.97 Å². The molecule has 1 unspecified atom stereocenters. The molecule has 21 heavy (non-hydrogen) atoms. The number of aliphatic carboxylic acids is 1. The Bertz CT molecular complexity index is 432. The largest absolute Gasteiger partial charge is 0.497 e. The quantitative estimate of drug-likeness (QED) is 0.798. The second-order valence-corrected chi connectivity index (χ2v) is 5.88. The minimum Gasteiger partial charge on any atom is -0.497 e. The molecular formula is C17H27NO3. The summed E-state index contributed by atoms with van der Waals surface area (Å²) in [7, 11) is 1.60. The zero-order valence-corrected chi connectivity index (χ0v) is 13.7. The van der Waals surface area contributed by atoms with E-state index in [0.29, 0.717) is 18.5 Å². The standard InChI is InChI=1S/C17H27NO3/c1-12(2)18(13(3)4)11-10-16(17(19)20)14-6-8-15(21-5)9-7-14/h6-9,12-13,16H,10-11H2,1-5H3,(H,19,20). The first-order valence-electron chi connectivity index (χ1n) is 7.49. The number of carbonyl (C=O) groups is 1. The maximum Gasteiger partial charge on any atom is 0.311 e. The molecule has 0 radical (unpaired) electrons. The molecule has 0 aliphatic heterocycles. The minimum absolute atomic E-state index is 0.412. The highest BCUT2D eigenvalue weighted by Gasteiger charge is 2.22. The topological polar surface area (TPSA) is 49.8 Å². The van der Waals surface area contributed by atoms with Crippen LogP contribution in [-0.4, -0.2) is 41.7 Å². The van der Waals surface area contributed by atoms with E-state index in [1.54, 1.807) is 7.11 Å². The average molecular weight is 293 g/mol. The first-order chi connectivity index (χ1) is 9.86. The summed E-state index contributed by atoms with van der Waals surface area (Å²) in [4.78, 5) is 13.9. The van der Waals surface area contributed by atoms with Crippen molar-refractivity contribution in [3.05, 3.63) is 29.8 Å². The van der Waals surface area contributed by atoms with Gasteiger partial charge in [0.1, 0.15) is 5.75 Å². The summed E-state index contributed by atoms with van der Waals surface area (Å²) in [6, 6.07) is 8.13. The Morgan fingerprint density at radius 2 is 1.67 bits per heavy atom. The summed E-state index contributed by atoms with van der Waals surface area (Å²) >= 11 is 0. The van der Waals surface area contributed by atoms with Crippen molar-refractivity contribution in [2.75, 3.05) is 13.7 Å². The van der Waals surface area contributed by atoms with Crippen LogP contribution in [0.1, 0.15) is 45.6 Å². The number of rotatable bonds is 8. The number of nitrogens with zero attached hydrogens (tertiary/aromatic N) is 1. The van der Waals surface area contributed by atoms with Crippen LogP contribution in [0.25, 0.3) is 0 Å². The van der Waals surface area contributed by atoms with E-state index in [1.165, 1.54) is 0 Å². The molecule has 4 nitrogen and oxygen atoms in total. The molecule has 1 aromatic rings. The molecule has 1 N–H and O–H groups in total. The van der Waals surface area contributed by atoms with Crippen LogP contribution in [0.2, 0.25) is 0 Å². The van der Waals surface area contributed by atoms with Crippen LogP contribution in [0.4, 0.5) is 0 Å². The lowest BCUT2D eigenvalue weighted by Gasteiger charge is -2.31. The molecule has 118 valence electrons. The van der Waals surface area contributed by atoms with Crippen molar-refractivity contribution in [1.29, 1.82) is 0 Å². The lowest BCUT2D eigenvalue weighted by Crippen LogP contribution is -2.38. The summed E-state index contributed by atoms with van der Waals surface area (Å²) in [5, 5.41) is 9.49. The van der Waals surface area contributed by atoms with Crippen molar-refractivity contribution in [3.8, 4) is 5.75 Å². The van der Waals surface area contributed by atoms with Crippen molar-refractivity contribution in [2.24, 2.45) is 0 Å². The molecule has 0 spiro atoms. The van der Waals surface area contributed by atoms with E-state index < -0.39 is 11.9 Å². The number of hydrogen-bond acceptors (Lipinski definition) is 3. The van der Waals surface area contributed by atoms with Gasteiger partial charge in [-0.25, -0.2) is 0 Å². The van der Waals surface area contributed by atoms with Gasteiger partial charge in [-0.1, -0.05) is 12.1 Å². The third kappa shape index (κ3) is 5.05. The Morgan fingerprint density at radius 3 is 2.05 bits per heavy atom. The zero-order valence-electron chi connectivity index (χ0n) is 13.7. The summed E-state index contributed by atoms with van der Waals surface area (Å²) in [5.74, 6) is -0.502. The third-order valence-corrected chi connectivity index (χ3v) is 3.82. The van der Waals surface area contributed by atoms with E-state index in [-0.39, 0.29) is 0 Å². The number of carboxylic acid groups (broad SMARTS) is 1.